The zero-order valence-electron chi connectivity index (χ0n) is 11.1. The first-order chi connectivity index (χ1) is 9.42. The summed E-state index contributed by atoms with van der Waals surface area (Å²) in [7, 11) is 0. The number of rotatable bonds is 5. The van der Waals surface area contributed by atoms with E-state index in [2.05, 4.69) is 0 Å². The summed E-state index contributed by atoms with van der Waals surface area (Å²) in [6, 6.07) is 0.920. The molecule has 0 fully saturated rings. The first-order valence-corrected chi connectivity index (χ1v) is 6.36. The fourth-order valence-electron chi connectivity index (χ4n) is 1.64. The number of esters is 2. The van der Waals surface area contributed by atoms with Crippen LogP contribution in [0, 0.1) is 0 Å². The van der Waals surface area contributed by atoms with Crippen molar-refractivity contribution in [3.05, 3.63) is 22.2 Å². The summed E-state index contributed by atoms with van der Waals surface area (Å²) in [6.45, 7) is 3.49. The van der Waals surface area contributed by atoms with Gasteiger partial charge in [-0.3, -0.25) is 4.79 Å². The van der Waals surface area contributed by atoms with Gasteiger partial charge in [-0.2, -0.15) is 0 Å². The Morgan fingerprint density at radius 2 is 1.75 bits per heavy atom. The fraction of sp³-hybridized carbons (Fsp3) is 0.385. The highest BCUT2D eigenvalue weighted by Gasteiger charge is 2.25. The molecule has 0 amide bonds. The first-order valence-electron chi connectivity index (χ1n) is 5.98. The van der Waals surface area contributed by atoms with Gasteiger partial charge in [0.1, 0.15) is 17.1 Å². The summed E-state index contributed by atoms with van der Waals surface area (Å²) < 4.78 is 9.56. The molecule has 0 aromatic heterocycles. The minimum atomic E-state index is -0.828. The van der Waals surface area contributed by atoms with Crippen LogP contribution in [0.5, 0.6) is 11.5 Å². The van der Waals surface area contributed by atoms with Gasteiger partial charge in [-0.05, 0) is 13.8 Å². The van der Waals surface area contributed by atoms with E-state index in [-0.39, 0.29) is 35.8 Å². The normalized spacial score (nSPS) is 10.2. The number of ether oxygens (including phenoxy) is 2. The first kappa shape index (κ1) is 16.1. The highest BCUT2D eigenvalue weighted by Crippen LogP contribution is 2.37. The Labute approximate surface area is 120 Å². The predicted molar refractivity (Wildman–Crippen MR) is 71.1 cm³/mol. The van der Waals surface area contributed by atoms with Crippen LogP contribution in [0.25, 0.3) is 0 Å². The highest BCUT2D eigenvalue weighted by atomic mass is 35.5. The van der Waals surface area contributed by atoms with Crippen molar-refractivity contribution >= 4 is 23.5 Å². The van der Waals surface area contributed by atoms with Crippen molar-refractivity contribution in [1.29, 1.82) is 0 Å². The van der Waals surface area contributed by atoms with E-state index in [1.807, 2.05) is 0 Å². The number of carbonyl (C=O) groups is 2. The molecule has 0 unspecified atom stereocenters. The lowest BCUT2D eigenvalue weighted by atomic mass is 10.0. The number of hydrogen-bond acceptors (Lipinski definition) is 6. The minimum absolute atomic E-state index is 0.0268. The molecule has 0 spiro atoms. The van der Waals surface area contributed by atoms with Crippen molar-refractivity contribution < 1.29 is 29.3 Å². The van der Waals surface area contributed by atoms with E-state index in [1.54, 1.807) is 13.8 Å². The Morgan fingerprint density at radius 3 is 2.30 bits per heavy atom. The SMILES string of the molecule is CCOC(=O)Cc1c(Cl)c(O)cc(O)c1C(=O)OCC. The smallest absolute Gasteiger partial charge is 0.342 e. The summed E-state index contributed by atoms with van der Waals surface area (Å²) in [5.41, 5.74) is -0.274. The van der Waals surface area contributed by atoms with Gasteiger partial charge in [0.15, 0.2) is 0 Å². The Hall–Kier alpha value is -1.95. The molecule has 6 nitrogen and oxygen atoms in total. The van der Waals surface area contributed by atoms with Gasteiger partial charge in [0.05, 0.1) is 24.7 Å². The van der Waals surface area contributed by atoms with Crippen molar-refractivity contribution in [2.45, 2.75) is 20.3 Å². The Morgan fingerprint density at radius 1 is 1.15 bits per heavy atom. The van der Waals surface area contributed by atoms with Crippen LogP contribution in [0.4, 0.5) is 0 Å². The van der Waals surface area contributed by atoms with Crippen LogP contribution in [0.15, 0.2) is 6.07 Å². The second kappa shape index (κ2) is 7.00. The van der Waals surface area contributed by atoms with Crippen LogP contribution < -0.4 is 0 Å². The Kier molecular flexibility index (Phi) is 5.64. The summed E-state index contributed by atoms with van der Waals surface area (Å²) in [4.78, 5) is 23.3. The zero-order chi connectivity index (χ0) is 15.3. The van der Waals surface area contributed by atoms with Crippen LogP contribution in [0.3, 0.4) is 0 Å². The lowest BCUT2D eigenvalue weighted by molar-refractivity contribution is -0.142. The van der Waals surface area contributed by atoms with Crippen LogP contribution in [0.1, 0.15) is 29.8 Å². The molecule has 0 radical (unpaired) electrons. The molecule has 7 heteroatoms. The van der Waals surface area contributed by atoms with Gasteiger partial charge < -0.3 is 19.7 Å². The molecule has 0 aliphatic heterocycles. The molecule has 0 atom stereocenters. The summed E-state index contributed by atoms with van der Waals surface area (Å²) >= 11 is 5.88. The number of phenolic OH excluding ortho intramolecular Hbond substituents is 2. The van der Waals surface area contributed by atoms with Gasteiger partial charge in [0.25, 0.3) is 0 Å². The zero-order valence-corrected chi connectivity index (χ0v) is 11.9. The average molecular weight is 303 g/mol. The van der Waals surface area contributed by atoms with Crippen LogP contribution in [-0.2, 0) is 20.7 Å². The van der Waals surface area contributed by atoms with E-state index < -0.39 is 23.4 Å². The van der Waals surface area contributed by atoms with Gasteiger partial charge in [-0.1, -0.05) is 11.6 Å². The third kappa shape index (κ3) is 3.54. The number of aromatic hydroxyl groups is 2. The highest BCUT2D eigenvalue weighted by molar-refractivity contribution is 6.33. The predicted octanol–water partition coefficient (Wildman–Crippen LogP) is 2.03. The molecule has 0 aliphatic carbocycles. The monoisotopic (exact) mass is 302 g/mol. The van der Waals surface area contributed by atoms with Gasteiger partial charge in [-0.25, -0.2) is 4.79 Å². The minimum Gasteiger partial charge on any atom is -0.507 e. The number of hydrogen-bond donors (Lipinski definition) is 2. The molecule has 0 aliphatic rings. The average Bonchev–Trinajstić information content (AvgIpc) is 2.36. The van der Waals surface area contributed by atoms with Crippen molar-refractivity contribution in [3.63, 3.8) is 0 Å². The van der Waals surface area contributed by atoms with Crippen LogP contribution in [-0.4, -0.2) is 35.4 Å². The molecule has 0 bridgehead atoms. The van der Waals surface area contributed by atoms with Crippen molar-refractivity contribution in [1.82, 2.24) is 0 Å². The van der Waals surface area contributed by atoms with Gasteiger partial charge in [0, 0.05) is 11.6 Å². The molecule has 0 saturated carbocycles. The van der Waals surface area contributed by atoms with Crippen molar-refractivity contribution in [2.75, 3.05) is 13.2 Å². The third-order valence-corrected chi connectivity index (χ3v) is 2.85. The van der Waals surface area contributed by atoms with Crippen LogP contribution in [0.2, 0.25) is 5.02 Å². The summed E-state index contributed by atoms with van der Waals surface area (Å²) in [5, 5.41) is 19.1. The number of carbonyl (C=O) groups excluding carboxylic acids is 2. The molecule has 0 saturated heterocycles. The molecule has 110 valence electrons. The molecule has 0 heterocycles. The number of benzene rings is 1. The summed E-state index contributed by atoms with van der Waals surface area (Å²) in [5.74, 6) is -2.41. The molecule has 20 heavy (non-hydrogen) atoms. The molecular formula is C13H15ClO6. The number of phenols is 2. The quantitative estimate of drug-likeness (QED) is 0.808. The van der Waals surface area contributed by atoms with E-state index in [4.69, 9.17) is 21.1 Å². The van der Waals surface area contributed by atoms with Crippen LogP contribution >= 0.6 is 11.6 Å². The Balaban J connectivity index is 3.30. The molecule has 1 rings (SSSR count). The lowest BCUT2D eigenvalue weighted by Crippen LogP contribution is -2.14. The molecular weight excluding hydrogens is 288 g/mol. The maximum atomic E-state index is 11.8. The van der Waals surface area contributed by atoms with Crippen molar-refractivity contribution in [2.24, 2.45) is 0 Å². The van der Waals surface area contributed by atoms with Gasteiger partial charge >= 0.3 is 11.9 Å². The lowest BCUT2D eigenvalue weighted by Gasteiger charge is -2.13. The van der Waals surface area contributed by atoms with E-state index in [9.17, 15) is 19.8 Å². The maximum Gasteiger partial charge on any atom is 0.342 e. The van der Waals surface area contributed by atoms with E-state index in [0.717, 1.165) is 6.07 Å². The second-order valence-electron chi connectivity index (χ2n) is 3.78. The number of halogens is 1. The third-order valence-electron chi connectivity index (χ3n) is 2.43. The molecule has 2 N–H and O–H groups in total. The van der Waals surface area contributed by atoms with E-state index in [0.29, 0.717) is 0 Å². The second-order valence-corrected chi connectivity index (χ2v) is 4.16. The van der Waals surface area contributed by atoms with Gasteiger partial charge in [-0.15, -0.1) is 0 Å². The fourth-order valence-corrected chi connectivity index (χ4v) is 1.85. The Bertz CT molecular complexity index is 526. The largest absolute Gasteiger partial charge is 0.507 e. The maximum absolute atomic E-state index is 11.8. The topological polar surface area (TPSA) is 93.1 Å². The van der Waals surface area contributed by atoms with Gasteiger partial charge in [0.2, 0.25) is 0 Å². The van der Waals surface area contributed by atoms with E-state index >= 15 is 0 Å². The standard InChI is InChI=1S/C13H15ClO6/c1-3-19-10(17)5-7-11(13(18)20-4-2)8(15)6-9(16)12(7)14/h6,15-16H,3-5H2,1-2H3. The van der Waals surface area contributed by atoms with Crippen molar-refractivity contribution in [3.8, 4) is 11.5 Å². The van der Waals surface area contributed by atoms with E-state index in [1.165, 1.54) is 0 Å². The summed E-state index contributed by atoms with van der Waals surface area (Å²) in [6.07, 6.45) is -0.358. The molecule has 1 aromatic rings. The molecule has 1 aromatic carbocycles.